The van der Waals surface area contributed by atoms with E-state index < -0.39 is 11.2 Å². The number of rotatable bonds is 7. The summed E-state index contributed by atoms with van der Waals surface area (Å²) in [7, 11) is 0. The maximum absolute atomic E-state index is 13.1. The van der Waals surface area contributed by atoms with Gasteiger partial charge in [-0.2, -0.15) is 0 Å². The lowest BCUT2D eigenvalue weighted by atomic mass is 9.85. The zero-order chi connectivity index (χ0) is 19.7. The average molecular weight is 384 g/mol. The van der Waals surface area contributed by atoms with Crippen molar-refractivity contribution in [3.05, 3.63) is 75.8 Å². The van der Waals surface area contributed by atoms with E-state index in [2.05, 4.69) is 0 Å². The Hall–Kier alpha value is -2.56. The number of ether oxygens (including phenoxy) is 1. The molecule has 1 N–H and O–H groups in total. The molecule has 0 amide bonds. The molecule has 2 aliphatic rings. The van der Waals surface area contributed by atoms with Gasteiger partial charge in [0.05, 0.1) is 6.26 Å². The van der Waals surface area contributed by atoms with Crippen LogP contribution in [-0.4, -0.2) is 5.11 Å². The third-order valence-electron chi connectivity index (χ3n) is 5.85. The molecule has 1 aliphatic heterocycles. The second-order valence-corrected chi connectivity index (χ2v) is 7.97. The fourth-order valence-electron chi connectivity index (χ4n) is 4.12. The summed E-state index contributed by atoms with van der Waals surface area (Å²) in [6, 6.07) is 7.86. The van der Waals surface area contributed by atoms with Crippen molar-refractivity contribution in [1.82, 2.24) is 0 Å². The van der Waals surface area contributed by atoms with Crippen LogP contribution in [0.2, 0.25) is 0 Å². The highest BCUT2D eigenvalue weighted by molar-refractivity contribution is 5.38. The molecule has 4 rings (SSSR count). The van der Waals surface area contributed by atoms with Gasteiger partial charge >= 0.3 is 5.63 Å². The lowest BCUT2D eigenvalue weighted by molar-refractivity contribution is 0.0210. The quantitative estimate of drug-likeness (QED) is 0.717. The summed E-state index contributed by atoms with van der Waals surface area (Å²) >= 11 is 0. The Morgan fingerprint density at radius 1 is 1.29 bits per heavy atom. The van der Waals surface area contributed by atoms with Crippen LogP contribution >= 0.6 is 0 Å². The predicted octanol–water partition coefficient (Wildman–Crippen LogP) is 5.15. The van der Waals surface area contributed by atoms with Crippen molar-refractivity contribution >= 4 is 0 Å². The van der Waals surface area contributed by atoms with Crippen molar-refractivity contribution in [2.75, 3.05) is 0 Å². The zero-order valence-electron chi connectivity index (χ0n) is 16.0. The van der Waals surface area contributed by atoms with Gasteiger partial charge in [-0.25, -0.2) is 9.18 Å². The first-order chi connectivity index (χ1) is 13.5. The van der Waals surface area contributed by atoms with Crippen LogP contribution < -0.4 is 5.63 Å². The first kappa shape index (κ1) is 18.8. The van der Waals surface area contributed by atoms with Gasteiger partial charge in [-0.1, -0.05) is 31.9 Å². The largest absolute Gasteiger partial charge is 0.507 e. The molecule has 2 aromatic rings. The fraction of sp³-hybridized carbons (Fsp3) is 0.435. The third-order valence-corrected chi connectivity index (χ3v) is 5.85. The molecule has 0 radical (unpaired) electrons. The summed E-state index contributed by atoms with van der Waals surface area (Å²) in [5, 5.41) is 10.8. The van der Waals surface area contributed by atoms with Crippen molar-refractivity contribution in [1.29, 1.82) is 0 Å². The molecule has 28 heavy (non-hydrogen) atoms. The molecule has 148 valence electrons. The van der Waals surface area contributed by atoms with Gasteiger partial charge < -0.3 is 14.3 Å². The summed E-state index contributed by atoms with van der Waals surface area (Å²) < 4.78 is 24.7. The number of aromatic hydroxyl groups is 1. The van der Waals surface area contributed by atoms with Gasteiger partial charge in [0.25, 0.3) is 0 Å². The van der Waals surface area contributed by atoms with Crippen LogP contribution in [0.15, 0.2) is 51.9 Å². The summed E-state index contributed by atoms with van der Waals surface area (Å²) in [5.74, 6) is 0.551. The third kappa shape index (κ3) is 3.71. The SMILES string of the molecule is CCC(Cc1ccc(F)cc1)c1cc(O)c(C2(CC3CC3)CC=CO2)c(=O)o1. The number of benzene rings is 1. The van der Waals surface area contributed by atoms with E-state index in [1.807, 2.05) is 13.0 Å². The highest BCUT2D eigenvalue weighted by Gasteiger charge is 2.45. The minimum atomic E-state index is -0.816. The first-order valence-corrected chi connectivity index (χ1v) is 9.95. The van der Waals surface area contributed by atoms with Gasteiger partial charge in [0, 0.05) is 18.4 Å². The van der Waals surface area contributed by atoms with Crippen molar-refractivity contribution in [3.8, 4) is 5.75 Å². The molecular formula is C23H25FO4. The van der Waals surface area contributed by atoms with Crippen LogP contribution in [0.25, 0.3) is 0 Å². The summed E-state index contributed by atoms with van der Waals surface area (Å²) in [6.07, 6.45) is 8.36. The topological polar surface area (TPSA) is 59.7 Å². The van der Waals surface area contributed by atoms with E-state index in [9.17, 15) is 14.3 Å². The van der Waals surface area contributed by atoms with Crippen LogP contribution in [0.5, 0.6) is 5.75 Å². The van der Waals surface area contributed by atoms with Gasteiger partial charge in [0.15, 0.2) is 0 Å². The minimum absolute atomic E-state index is 0.0619. The molecule has 0 spiro atoms. The molecule has 1 fully saturated rings. The van der Waals surface area contributed by atoms with E-state index in [1.165, 1.54) is 12.1 Å². The van der Waals surface area contributed by atoms with E-state index in [4.69, 9.17) is 9.15 Å². The normalized spacial score (nSPS) is 22.2. The van der Waals surface area contributed by atoms with Crippen LogP contribution in [-0.2, 0) is 16.8 Å². The zero-order valence-corrected chi connectivity index (χ0v) is 16.0. The predicted molar refractivity (Wildman–Crippen MR) is 104 cm³/mol. The van der Waals surface area contributed by atoms with Crippen molar-refractivity contribution in [3.63, 3.8) is 0 Å². The number of hydrogen-bond acceptors (Lipinski definition) is 4. The Balaban J connectivity index is 1.64. The second kappa shape index (κ2) is 7.46. The maximum Gasteiger partial charge on any atom is 0.347 e. The van der Waals surface area contributed by atoms with Gasteiger partial charge in [0.2, 0.25) is 0 Å². The summed E-state index contributed by atoms with van der Waals surface area (Å²) in [4.78, 5) is 12.9. The fourth-order valence-corrected chi connectivity index (χ4v) is 4.12. The van der Waals surface area contributed by atoms with Crippen molar-refractivity contribution in [2.45, 2.75) is 57.0 Å². The number of halogens is 1. The molecule has 2 heterocycles. The Morgan fingerprint density at radius 3 is 2.61 bits per heavy atom. The Morgan fingerprint density at radius 2 is 2.04 bits per heavy atom. The molecule has 1 aliphatic carbocycles. The monoisotopic (exact) mass is 384 g/mol. The molecule has 5 heteroatoms. The van der Waals surface area contributed by atoms with Gasteiger partial charge in [-0.3, -0.25) is 0 Å². The lowest BCUT2D eigenvalue weighted by Crippen LogP contribution is -2.32. The van der Waals surface area contributed by atoms with Gasteiger partial charge in [-0.05, 0) is 49.0 Å². The molecule has 2 atom stereocenters. The Labute approximate surface area is 163 Å². The molecule has 0 saturated heterocycles. The van der Waals surface area contributed by atoms with Crippen LogP contribution in [0.3, 0.4) is 0 Å². The molecule has 0 bridgehead atoms. The van der Waals surface area contributed by atoms with E-state index in [0.29, 0.717) is 30.9 Å². The van der Waals surface area contributed by atoms with E-state index in [-0.39, 0.29) is 23.0 Å². The highest BCUT2D eigenvalue weighted by atomic mass is 19.1. The molecular weight excluding hydrogens is 359 g/mol. The molecule has 1 saturated carbocycles. The molecule has 2 unspecified atom stereocenters. The average Bonchev–Trinajstić information content (AvgIpc) is 3.35. The van der Waals surface area contributed by atoms with Crippen molar-refractivity contribution < 1.29 is 18.7 Å². The molecule has 1 aromatic carbocycles. The molecule has 4 nitrogen and oxygen atoms in total. The Kier molecular flexibility index (Phi) is 5.00. The van der Waals surface area contributed by atoms with Gasteiger partial charge in [0.1, 0.15) is 28.5 Å². The van der Waals surface area contributed by atoms with E-state index in [1.54, 1.807) is 24.5 Å². The van der Waals surface area contributed by atoms with E-state index >= 15 is 0 Å². The van der Waals surface area contributed by atoms with Crippen molar-refractivity contribution in [2.24, 2.45) is 5.92 Å². The van der Waals surface area contributed by atoms with E-state index in [0.717, 1.165) is 24.8 Å². The second-order valence-electron chi connectivity index (χ2n) is 7.97. The Bertz CT molecular complexity index is 917. The summed E-state index contributed by atoms with van der Waals surface area (Å²) in [5.41, 5.74) is -0.169. The van der Waals surface area contributed by atoms with Crippen LogP contribution in [0.1, 0.15) is 61.8 Å². The smallest absolute Gasteiger partial charge is 0.347 e. The summed E-state index contributed by atoms with van der Waals surface area (Å²) in [6.45, 7) is 2.00. The number of hydrogen-bond donors (Lipinski definition) is 1. The van der Waals surface area contributed by atoms with Gasteiger partial charge in [-0.15, -0.1) is 0 Å². The van der Waals surface area contributed by atoms with Crippen LogP contribution in [0.4, 0.5) is 4.39 Å². The highest BCUT2D eigenvalue weighted by Crippen LogP contribution is 2.48. The lowest BCUT2D eigenvalue weighted by Gasteiger charge is -2.29. The molecule has 1 aromatic heterocycles. The first-order valence-electron chi connectivity index (χ1n) is 9.95. The minimum Gasteiger partial charge on any atom is -0.507 e. The van der Waals surface area contributed by atoms with Crippen LogP contribution in [0, 0.1) is 11.7 Å². The maximum atomic E-state index is 13.1. The standard InChI is InChI=1S/C23H25FO4/c1-2-17(12-15-6-8-18(24)9-7-15)20-13-19(25)21(22(26)28-20)23(10-3-11-27-23)14-16-4-5-16/h3,6-9,11,13,16-17,25H,2,4-5,10,12,14H2,1H3.